The SMILES string of the molecule is CCOC(=O)Cc1ccccc1OCc1cc(Br)c2occ(F)c2c1. The number of ether oxygens (including phenoxy) is 2. The predicted molar refractivity (Wildman–Crippen MR) is 95.0 cm³/mol. The molecular formula is C19H16BrFO4. The number of benzene rings is 2. The van der Waals surface area contributed by atoms with E-state index >= 15 is 0 Å². The quantitative estimate of drug-likeness (QED) is 0.539. The number of halogens is 2. The van der Waals surface area contributed by atoms with Gasteiger partial charge in [-0.25, -0.2) is 4.39 Å². The molecule has 0 radical (unpaired) electrons. The largest absolute Gasteiger partial charge is 0.489 e. The van der Waals surface area contributed by atoms with Crippen molar-refractivity contribution in [2.45, 2.75) is 20.0 Å². The van der Waals surface area contributed by atoms with Crippen molar-refractivity contribution in [1.29, 1.82) is 0 Å². The number of hydrogen-bond acceptors (Lipinski definition) is 4. The first kappa shape index (κ1) is 17.5. The lowest BCUT2D eigenvalue weighted by atomic mass is 10.1. The third kappa shape index (κ3) is 4.02. The molecule has 0 aliphatic heterocycles. The summed E-state index contributed by atoms with van der Waals surface area (Å²) in [5.74, 6) is -0.122. The zero-order valence-corrected chi connectivity index (χ0v) is 15.1. The number of fused-ring (bicyclic) bond motifs is 1. The number of furan rings is 1. The van der Waals surface area contributed by atoms with Crippen LogP contribution in [0.3, 0.4) is 0 Å². The van der Waals surface area contributed by atoms with Gasteiger partial charge in [-0.3, -0.25) is 4.79 Å². The fourth-order valence-electron chi connectivity index (χ4n) is 2.52. The molecule has 0 aliphatic rings. The normalized spacial score (nSPS) is 10.8. The highest BCUT2D eigenvalue weighted by Crippen LogP contribution is 2.30. The van der Waals surface area contributed by atoms with Gasteiger partial charge in [0.05, 0.1) is 22.9 Å². The minimum absolute atomic E-state index is 0.142. The number of carbonyl (C=O) groups is 1. The highest BCUT2D eigenvalue weighted by atomic mass is 79.9. The lowest BCUT2D eigenvalue weighted by molar-refractivity contribution is -0.142. The van der Waals surface area contributed by atoms with Crippen LogP contribution in [0.4, 0.5) is 4.39 Å². The minimum atomic E-state index is -0.416. The van der Waals surface area contributed by atoms with Crippen LogP contribution in [0.2, 0.25) is 0 Å². The zero-order valence-electron chi connectivity index (χ0n) is 13.6. The molecule has 4 nitrogen and oxygen atoms in total. The van der Waals surface area contributed by atoms with Crippen molar-refractivity contribution in [3.63, 3.8) is 0 Å². The van der Waals surface area contributed by atoms with Gasteiger partial charge in [0.25, 0.3) is 0 Å². The minimum Gasteiger partial charge on any atom is -0.489 e. The summed E-state index contributed by atoms with van der Waals surface area (Å²) in [5, 5.41) is 0.396. The van der Waals surface area contributed by atoms with Crippen molar-refractivity contribution >= 4 is 32.9 Å². The van der Waals surface area contributed by atoms with Gasteiger partial charge in [-0.05, 0) is 46.6 Å². The van der Waals surface area contributed by atoms with Crippen molar-refractivity contribution in [3.8, 4) is 5.75 Å². The fraction of sp³-hybridized carbons (Fsp3) is 0.211. The van der Waals surface area contributed by atoms with E-state index in [0.29, 0.717) is 27.8 Å². The molecule has 0 unspecified atom stereocenters. The van der Waals surface area contributed by atoms with E-state index in [2.05, 4.69) is 15.9 Å². The molecule has 0 saturated carbocycles. The molecule has 1 aromatic heterocycles. The van der Waals surface area contributed by atoms with Crippen molar-refractivity contribution in [1.82, 2.24) is 0 Å². The Kier molecular flexibility index (Phi) is 5.38. The van der Waals surface area contributed by atoms with Crippen LogP contribution in [-0.2, 0) is 22.6 Å². The molecule has 3 rings (SSSR count). The molecular weight excluding hydrogens is 391 g/mol. The van der Waals surface area contributed by atoms with Crippen LogP contribution in [0.15, 0.2) is 51.6 Å². The average molecular weight is 407 g/mol. The van der Waals surface area contributed by atoms with Gasteiger partial charge < -0.3 is 13.9 Å². The van der Waals surface area contributed by atoms with E-state index in [-0.39, 0.29) is 19.0 Å². The Morgan fingerprint density at radius 1 is 1.28 bits per heavy atom. The maximum atomic E-state index is 13.7. The summed E-state index contributed by atoms with van der Waals surface area (Å²) in [5.41, 5.74) is 1.99. The second-order valence-electron chi connectivity index (χ2n) is 5.42. The first-order valence-electron chi connectivity index (χ1n) is 7.80. The lowest BCUT2D eigenvalue weighted by Crippen LogP contribution is -2.09. The summed E-state index contributed by atoms with van der Waals surface area (Å²) in [6, 6.07) is 10.8. The van der Waals surface area contributed by atoms with Gasteiger partial charge in [0.2, 0.25) is 0 Å². The van der Waals surface area contributed by atoms with Gasteiger partial charge in [-0.2, -0.15) is 0 Å². The molecule has 6 heteroatoms. The first-order chi connectivity index (χ1) is 12.1. The summed E-state index contributed by atoms with van der Waals surface area (Å²) in [7, 11) is 0. The standard InChI is InChI=1S/C19H16BrFO4/c1-2-23-18(22)9-13-5-3-4-6-17(13)24-10-12-7-14-16(21)11-25-19(14)15(20)8-12/h3-8,11H,2,9-10H2,1H3. The molecule has 3 aromatic rings. The maximum absolute atomic E-state index is 13.7. The van der Waals surface area contributed by atoms with Gasteiger partial charge in [-0.1, -0.05) is 18.2 Å². The highest BCUT2D eigenvalue weighted by molar-refractivity contribution is 9.10. The molecule has 0 amide bonds. The molecule has 0 fully saturated rings. The summed E-state index contributed by atoms with van der Waals surface area (Å²) >= 11 is 3.37. The van der Waals surface area contributed by atoms with E-state index in [1.165, 1.54) is 0 Å². The fourth-order valence-corrected chi connectivity index (χ4v) is 3.12. The van der Waals surface area contributed by atoms with Crippen LogP contribution >= 0.6 is 15.9 Å². The topological polar surface area (TPSA) is 48.7 Å². The van der Waals surface area contributed by atoms with Crippen LogP contribution in [-0.4, -0.2) is 12.6 Å². The first-order valence-corrected chi connectivity index (χ1v) is 8.59. The van der Waals surface area contributed by atoms with Crippen LogP contribution < -0.4 is 4.74 Å². The average Bonchev–Trinajstić information content (AvgIpc) is 2.96. The Balaban J connectivity index is 1.78. The summed E-state index contributed by atoms with van der Waals surface area (Å²) in [6.07, 6.45) is 1.22. The Morgan fingerprint density at radius 3 is 2.88 bits per heavy atom. The third-order valence-corrected chi connectivity index (χ3v) is 4.24. The van der Waals surface area contributed by atoms with Gasteiger partial charge in [0.1, 0.15) is 18.6 Å². The zero-order chi connectivity index (χ0) is 17.8. The molecule has 1 heterocycles. The van der Waals surface area contributed by atoms with Gasteiger partial charge in [0.15, 0.2) is 11.4 Å². The Hall–Kier alpha value is -2.34. The monoisotopic (exact) mass is 406 g/mol. The molecule has 0 saturated heterocycles. The molecule has 25 heavy (non-hydrogen) atoms. The number of carbonyl (C=O) groups excluding carboxylic acids is 1. The predicted octanol–water partition coefficient (Wildman–Crippen LogP) is 5.02. The third-order valence-electron chi connectivity index (χ3n) is 3.65. The molecule has 0 spiro atoms. The Labute approximate surface area is 152 Å². The summed E-state index contributed by atoms with van der Waals surface area (Å²) in [4.78, 5) is 11.7. The van der Waals surface area contributed by atoms with Gasteiger partial charge in [0, 0.05) is 5.56 Å². The smallest absolute Gasteiger partial charge is 0.310 e. The molecule has 0 aliphatic carbocycles. The number of esters is 1. The van der Waals surface area contributed by atoms with Gasteiger partial charge in [-0.15, -0.1) is 0 Å². The number of para-hydroxylation sites is 1. The molecule has 130 valence electrons. The summed E-state index contributed by atoms with van der Waals surface area (Å²) < 4.78 is 30.4. The van der Waals surface area contributed by atoms with E-state index in [4.69, 9.17) is 13.9 Å². The highest BCUT2D eigenvalue weighted by Gasteiger charge is 2.13. The molecule has 2 aromatic carbocycles. The second kappa shape index (κ2) is 7.70. The number of hydrogen-bond donors (Lipinski definition) is 0. The number of rotatable bonds is 6. The van der Waals surface area contributed by atoms with Crippen LogP contribution in [0.5, 0.6) is 5.75 Å². The summed E-state index contributed by atoms with van der Waals surface area (Å²) in [6.45, 7) is 2.34. The Bertz CT molecular complexity index is 904. The van der Waals surface area contributed by atoms with E-state index in [0.717, 1.165) is 17.4 Å². The van der Waals surface area contributed by atoms with Gasteiger partial charge >= 0.3 is 5.97 Å². The van der Waals surface area contributed by atoms with Crippen molar-refractivity contribution in [2.24, 2.45) is 0 Å². The van der Waals surface area contributed by atoms with Crippen molar-refractivity contribution in [2.75, 3.05) is 6.61 Å². The van der Waals surface area contributed by atoms with E-state index in [1.807, 2.05) is 24.3 Å². The molecule has 0 N–H and O–H groups in total. The van der Waals surface area contributed by atoms with E-state index < -0.39 is 5.82 Å². The van der Waals surface area contributed by atoms with Crippen LogP contribution in [0, 0.1) is 5.82 Å². The van der Waals surface area contributed by atoms with Crippen molar-refractivity contribution in [3.05, 3.63) is 64.1 Å². The lowest BCUT2D eigenvalue weighted by Gasteiger charge is -2.11. The van der Waals surface area contributed by atoms with E-state index in [1.54, 1.807) is 19.1 Å². The van der Waals surface area contributed by atoms with Crippen LogP contribution in [0.1, 0.15) is 18.1 Å². The van der Waals surface area contributed by atoms with Crippen molar-refractivity contribution < 1.29 is 23.1 Å². The molecule has 0 bridgehead atoms. The van der Waals surface area contributed by atoms with Crippen LogP contribution in [0.25, 0.3) is 11.0 Å². The van der Waals surface area contributed by atoms with E-state index in [9.17, 15) is 9.18 Å². The Morgan fingerprint density at radius 2 is 2.08 bits per heavy atom. The maximum Gasteiger partial charge on any atom is 0.310 e. The molecule has 0 atom stereocenters. The second-order valence-corrected chi connectivity index (χ2v) is 6.27.